The lowest BCUT2D eigenvalue weighted by Gasteiger charge is -2.21. The summed E-state index contributed by atoms with van der Waals surface area (Å²) >= 11 is 0. The summed E-state index contributed by atoms with van der Waals surface area (Å²) in [5, 5.41) is 13.9. The van der Waals surface area contributed by atoms with Gasteiger partial charge in [0.2, 0.25) is 15.9 Å². The summed E-state index contributed by atoms with van der Waals surface area (Å²) < 4.78 is 29.3. The van der Waals surface area contributed by atoms with Gasteiger partial charge in [-0.15, -0.1) is 0 Å². The molecule has 1 amide bonds. The predicted molar refractivity (Wildman–Crippen MR) is 131 cm³/mol. The average molecular weight is 482 g/mol. The van der Waals surface area contributed by atoms with Gasteiger partial charge in [-0.1, -0.05) is 54.1 Å². The maximum Gasteiger partial charge on any atom is 0.274 e. The Morgan fingerprint density at radius 1 is 0.971 bits per heavy atom. The lowest BCUT2D eigenvalue weighted by molar-refractivity contribution is -0.385. The number of sulfonamides is 1. The summed E-state index contributed by atoms with van der Waals surface area (Å²) in [4.78, 5) is 24.1. The van der Waals surface area contributed by atoms with Crippen LogP contribution < -0.4 is 10.0 Å². The molecule has 0 saturated carbocycles. The second-order valence-corrected chi connectivity index (χ2v) is 9.94. The Morgan fingerprint density at radius 2 is 1.59 bits per heavy atom. The third-order valence-electron chi connectivity index (χ3n) is 5.53. The van der Waals surface area contributed by atoms with Gasteiger partial charge < -0.3 is 5.32 Å². The van der Waals surface area contributed by atoms with E-state index in [9.17, 15) is 23.3 Å². The molecule has 0 aliphatic carbocycles. The van der Waals surface area contributed by atoms with Crippen LogP contribution in [0.15, 0.2) is 65.6 Å². The second-order valence-electron chi connectivity index (χ2n) is 8.29. The zero-order chi connectivity index (χ0) is 25.0. The summed E-state index contributed by atoms with van der Waals surface area (Å²) in [6.07, 6.45) is 0.101. The molecule has 178 valence electrons. The molecule has 0 aromatic heterocycles. The Kier molecular flexibility index (Phi) is 7.48. The standard InChI is InChI=1S/C25H27N3O5S/c1-16-13-17(2)24(18(3)14-16)34(32,33)27-22(15-20-9-6-5-7-10-20)25(29)26-21-11-8-12-23(19(21)4)28(30)31/h5-14,22,27H,15H2,1-4H3,(H,26,29). The van der Waals surface area contributed by atoms with Crippen molar-refractivity contribution >= 4 is 27.3 Å². The molecule has 0 aliphatic rings. The highest BCUT2D eigenvalue weighted by Crippen LogP contribution is 2.26. The van der Waals surface area contributed by atoms with Gasteiger partial charge in [0.1, 0.15) is 6.04 Å². The van der Waals surface area contributed by atoms with Gasteiger partial charge in [0.25, 0.3) is 5.69 Å². The molecule has 1 unspecified atom stereocenters. The molecule has 0 bridgehead atoms. The summed E-state index contributed by atoms with van der Waals surface area (Å²) in [6.45, 7) is 6.85. The van der Waals surface area contributed by atoms with Crippen molar-refractivity contribution in [3.63, 3.8) is 0 Å². The fourth-order valence-electron chi connectivity index (χ4n) is 4.05. The molecule has 0 heterocycles. The molecule has 3 aromatic rings. The molecule has 0 aliphatic heterocycles. The van der Waals surface area contributed by atoms with E-state index < -0.39 is 26.9 Å². The first-order valence-electron chi connectivity index (χ1n) is 10.7. The normalized spacial score (nSPS) is 12.2. The smallest absolute Gasteiger partial charge is 0.274 e. The zero-order valence-corrected chi connectivity index (χ0v) is 20.3. The van der Waals surface area contributed by atoms with E-state index in [0.717, 1.165) is 11.1 Å². The Morgan fingerprint density at radius 3 is 2.18 bits per heavy atom. The Bertz CT molecular complexity index is 1310. The van der Waals surface area contributed by atoms with Crippen molar-refractivity contribution in [1.82, 2.24) is 4.72 Å². The lowest BCUT2D eigenvalue weighted by Crippen LogP contribution is -2.45. The third-order valence-corrected chi connectivity index (χ3v) is 7.31. The SMILES string of the molecule is Cc1cc(C)c(S(=O)(=O)NC(Cc2ccccc2)C(=O)Nc2cccc([N+](=O)[O-])c2C)c(C)c1. The van der Waals surface area contributed by atoms with Crippen molar-refractivity contribution in [2.24, 2.45) is 0 Å². The van der Waals surface area contributed by atoms with E-state index >= 15 is 0 Å². The summed E-state index contributed by atoms with van der Waals surface area (Å²) in [6, 6.07) is 15.8. The Labute approximate surface area is 199 Å². The highest BCUT2D eigenvalue weighted by molar-refractivity contribution is 7.89. The number of anilines is 1. The number of benzene rings is 3. The number of aryl methyl sites for hydroxylation is 3. The number of nitrogens with one attached hydrogen (secondary N) is 2. The van der Waals surface area contributed by atoms with E-state index in [0.29, 0.717) is 11.1 Å². The van der Waals surface area contributed by atoms with Crippen LogP contribution in [0.2, 0.25) is 0 Å². The number of nitrogens with zero attached hydrogens (tertiary/aromatic N) is 1. The van der Waals surface area contributed by atoms with Crippen LogP contribution in [-0.4, -0.2) is 25.3 Å². The molecule has 8 nitrogen and oxygen atoms in total. The van der Waals surface area contributed by atoms with Crippen LogP contribution in [0, 0.1) is 37.8 Å². The number of nitro benzene ring substituents is 1. The van der Waals surface area contributed by atoms with Crippen molar-refractivity contribution in [3.8, 4) is 0 Å². The minimum absolute atomic E-state index is 0.101. The van der Waals surface area contributed by atoms with Crippen LogP contribution in [0.4, 0.5) is 11.4 Å². The van der Waals surface area contributed by atoms with Crippen molar-refractivity contribution in [1.29, 1.82) is 0 Å². The van der Waals surface area contributed by atoms with E-state index in [1.807, 2.05) is 13.0 Å². The van der Waals surface area contributed by atoms with Gasteiger partial charge in [0, 0.05) is 6.07 Å². The molecule has 0 radical (unpaired) electrons. The van der Waals surface area contributed by atoms with Crippen LogP contribution in [-0.2, 0) is 21.2 Å². The predicted octanol–water partition coefficient (Wildman–Crippen LogP) is 4.36. The number of carbonyl (C=O) groups excluding carboxylic acids is 1. The number of hydrogen-bond acceptors (Lipinski definition) is 5. The molecule has 0 fully saturated rings. The molecule has 3 aromatic carbocycles. The first-order chi connectivity index (χ1) is 16.0. The zero-order valence-electron chi connectivity index (χ0n) is 19.5. The molecule has 34 heavy (non-hydrogen) atoms. The Hall–Kier alpha value is -3.56. The third kappa shape index (κ3) is 5.67. The minimum Gasteiger partial charge on any atom is -0.324 e. The quantitative estimate of drug-likeness (QED) is 0.366. The van der Waals surface area contributed by atoms with Crippen LogP contribution in [0.25, 0.3) is 0 Å². The lowest BCUT2D eigenvalue weighted by atomic mass is 10.1. The number of rotatable bonds is 8. The molecule has 1 atom stereocenters. The molecule has 0 saturated heterocycles. The molecule has 0 spiro atoms. The molecule has 2 N–H and O–H groups in total. The van der Waals surface area contributed by atoms with Crippen LogP contribution in [0.3, 0.4) is 0 Å². The molecule has 9 heteroatoms. The van der Waals surface area contributed by atoms with Crippen molar-refractivity contribution < 1.29 is 18.1 Å². The molecular weight excluding hydrogens is 454 g/mol. The van der Waals surface area contributed by atoms with E-state index in [2.05, 4.69) is 10.0 Å². The Balaban J connectivity index is 1.97. The van der Waals surface area contributed by atoms with Gasteiger partial charge in [-0.3, -0.25) is 14.9 Å². The van der Waals surface area contributed by atoms with Gasteiger partial charge >= 0.3 is 0 Å². The summed E-state index contributed by atoms with van der Waals surface area (Å²) in [5.41, 5.74) is 3.26. The largest absolute Gasteiger partial charge is 0.324 e. The summed E-state index contributed by atoms with van der Waals surface area (Å²) in [5.74, 6) is -0.613. The first kappa shape index (κ1) is 25.1. The fourth-order valence-corrected chi connectivity index (χ4v) is 5.70. The number of carbonyl (C=O) groups is 1. The van der Waals surface area contributed by atoms with Gasteiger partial charge in [0.05, 0.1) is 21.1 Å². The number of nitro groups is 1. The van der Waals surface area contributed by atoms with Crippen molar-refractivity contribution in [2.75, 3.05) is 5.32 Å². The average Bonchev–Trinajstić information content (AvgIpc) is 2.74. The highest BCUT2D eigenvalue weighted by Gasteiger charge is 2.29. The summed E-state index contributed by atoms with van der Waals surface area (Å²) in [7, 11) is -4.05. The van der Waals surface area contributed by atoms with Gasteiger partial charge in [0.15, 0.2) is 0 Å². The monoisotopic (exact) mass is 481 g/mol. The van der Waals surface area contributed by atoms with E-state index in [-0.39, 0.29) is 28.3 Å². The van der Waals surface area contributed by atoms with Crippen LogP contribution in [0.5, 0.6) is 0 Å². The topological polar surface area (TPSA) is 118 Å². The number of hydrogen-bond donors (Lipinski definition) is 2. The van der Waals surface area contributed by atoms with E-state index in [1.165, 1.54) is 19.1 Å². The molecular formula is C25H27N3O5S. The molecule has 3 rings (SSSR count). The van der Waals surface area contributed by atoms with E-state index in [4.69, 9.17) is 0 Å². The minimum atomic E-state index is -4.05. The first-order valence-corrected chi connectivity index (χ1v) is 12.2. The fraction of sp³-hybridized carbons (Fsp3) is 0.240. The van der Waals surface area contributed by atoms with Crippen molar-refractivity contribution in [2.45, 2.75) is 45.1 Å². The maximum atomic E-state index is 13.4. The number of amides is 1. The van der Waals surface area contributed by atoms with Gasteiger partial charge in [-0.25, -0.2) is 8.42 Å². The van der Waals surface area contributed by atoms with Gasteiger partial charge in [-0.2, -0.15) is 4.72 Å². The van der Waals surface area contributed by atoms with Crippen molar-refractivity contribution in [3.05, 3.63) is 98.6 Å². The maximum absolute atomic E-state index is 13.4. The van der Waals surface area contributed by atoms with Crippen LogP contribution >= 0.6 is 0 Å². The second kappa shape index (κ2) is 10.1. The van der Waals surface area contributed by atoms with Gasteiger partial charge in [-0.05, 0) is 56.9 Å². The highest BCUT2D eigenvalue weighted by atomic mass is 32.2. The van der Waals surface area contributed by atoms with Crippen LogP contribution in [0.1, 0.15) is 27.8 Å². The van der Waals surface area contributed by atoms with E-state index in [1.54, 1.807) is 56.3 Å².